The average molecular weight is 229 g/mol. The summed E-state index contributed by atoms with van der Waals surface area (Å²) >= 11 is 1.48. The molecule has 0 atom stereocenters. The van der Waals surface area contributed by atoms with Crippen LogP contribution in [0.2, 0.25) is 0 Å². The third-order valence-corrected chi connectivity index (χ3v) is 3.01. The molecule has 6 heteroatoms. The number of nitrogens with zero attached hydrogens (tertiary/aromatic N) is 5. The van der Waals surface area contributed by atoms with E-state index in [9.17, 15) is 0 Å². The fourth-order valence-electron chi connectivity index (χ4n) is 1.31. The average Bonchev–Trinajstić information content (AvgIpc) is 3.01. The van der Waals surface area contributed by atoms with E-state index in [2.05, 4.69) is 20.3 Å². The highest BCUT2D eigenvalue weighted by molar-refractivity contribution is 7.17. The van der Waals surface area contributed by atoms with Crippen LogP contribution in [0.15, 0.2) is 43.0 Å². The summed E-state index contributed by atoms with van der Waals surface area (Å²) in [7, 11) is 0. The molecule has 0 spiro atoms. The first-order valence-corrected chi connectivity index (χ1v) is 5.49. The molecule has 78 valence electrons. The van der Waals surface area contributed by atoms with E-state index in [0.29, 0.717) is 0 Å². The van der Waals surface area contributed by atoms with E-state index in [-0.39, 0.29) is 0 Å². The zero-order chi connectivity index (χ0) is 10.8. The van der Waals surface area contributed by atoms with Crippen LogP contribution < -0.4 is 0 Å². The summed E-state index contributed by atoms with van der Waals surface area (Å²) in [5, 5.41) is 13.8. The smallest absolute Gasteiger partial charge is 0.223 e. The minimum Gasteiger partial charge on any atom is -0.223 e. The van der Waals surface area contributed by atoms with Crippen LogP contribution in [-0.4, -0.2) is 25.0 Å². The minimum absolute atomic E-state index is 0.719. The molecule has 0 amide bonds. The van der Waals surface area contributed by atoms with Gasteiger partial charge in [-0.25, -0.2) is 4.98 Å². The lowest BCUT2D eigenvalue weighted by Crippen LogP contribution is -1.92. The van der Waals surface area contributed by atoms with Gasteiger partial charge in [0.25, 0.3) is 0 Å². The van der Waals surface area contributed by atoms with Crippen LogP contribution >= 0.6 is 11.3 Å². The molecule has 5 nitrogen and oxygen atoms in total. The largest absolute Gasteiger partial charge is 0.234 e. The van der Waals surface area contributed by atoms with E-state index in [1.165, 1.54) is 17.7 Å². The van der Waals surface area contributed by atoms with Crippen LogP contribution in [0, 0.1) is 0 Å². The maximum atomic E-state index is 4.12. The Hall–Kier alpha value is -2.08. The van der Waals surface area contributed by atoms with Crippen molar-refractivity contribution < 1.29 is 0 Å². The third kappa shape index (κ3) is 1.59. The quantitative estimate of drug-likeness (QED) is 0.672. The Morgan fingerprint density at radius 1 is 1.06 bits per heavy atom. The van der Waals surface area contributed by atoms with Gasteiger partial charge in [0.2, 0.25) is 5.13 Å². The molecule has 0 radical (unpaired) electrons. The second kappa shape index (κ2) is 3.82. The Balaban J connectivity index is 2.00. The summed E-state index contributed by atoms with van der Waals surface area (Å²) < 4.78 is 1.60. The summed E-state index contributed by atoms with van der Waals surface area (Å²) in [6.07, 6.45) is 3.08. The maximum absolute atomic E-state index is 4.12. The lowest BCUT2D eigenvalue weighted by Gasteiger charge is -1.91. The lowest BCUT2D eigenvalue weighted by molar-refractivity contribution is 0.845. The van der Waals surface area contributed by atoms with Crippen LogP contribution in [0.5, 0.6) is 0 Å². The number of rotatable bonds is 2. The number of benzene rings is 1. The van der Waals surface area contributed by atoms with Crippen molar-refractivity contribution in [1.82, 2.24) is 25.0 Å². The van der Waals surface area contributed by atoms with Crippen molar-refractivity contribution in [2.45, 2.75) is 0 Å². The number of hydrogen-bond donors (Lipinski definition) is 0. The molecule has 0 unspecified atom stereocenters. The highest BCUT2D eigenvalue weighted by atomic mass is 32.1. The lowest BCUT2D eigenvalue weighted by atomic mass is 10.2. The van der Waals surface area contributed by atoms with Crippen LogP contribution in [0.3, 0.4) is 0 Å². The van der Waals surface area contributed by atoms with E-state index in [1.54, 1.807) is 11.0 Å². The summed E-state index contributed by atoms with van der Waals surface area (Å²) in [5.74, 6) is 0. The van der Waals surface area contributed by atoms with Gasteiger partial charge in [0.1, 0.15) is 17.7 Å². The SMILES string of the molecule is c1ccc(-c2nnc(-n3cncn3)s2)cc1. The molecule has 0 N–H and O–H groups in total. The fourth-order valence-corrected chi connectivity index (χ4v) is 2.09. The van der Waals surface area contributed by atoms with Crippen molar-refractivity contribution >= 4 is 11.3 Å². The summed E-state index contributed by atoms with van der Waals surface area (Å²) in [5.41, 5.74) is 1.06. The van der Waals surface area contributed by atoms with Crippen LogP contribution in [0.4, 0.5) is 0 Å². The van der Waals surface area contributed by atoms with E-state index in [4.69, 9.17) is 0 Å². The fraction of sp³-hybridized carbons (Fsp3) is 0. The standard InChI is InChI=1S/C10H7N5S/c1-2-4-8(5-3-1)9-13-14-10(16-9)15-7-11-6-12-15/h1-7H. The summed E-state index contributed by atoms with van der Waals surface area (Å²) in [6.45, 7) is 0. The summed E-state index contributed by atoms with van der Waals surface area (Å²) in [4.78, 5) is 3.87. The first-order chi connectivity index (χ1) is 7.93. The van der Waals surface area contributed by atoms with Crippen molar-refractivity contribution in [2.24, 2.45) is 0 Å². The van der Waals surface area contributed by atoms with Crippen LogP contribution in [0.1, 0.15) is 0 Å². The molecule has 16 heavy (non-hydrogen) atoms. The van der Waals surface area contributed by atoms with Gasteiger partial charge < -0.3 is 0 Å². The van der Waals surface area contributed by atoms with Crippen molar-refractivity contribution in [3.8, 4) is 15.7 Å². The first kappa shape index (κ1) is 9.17. The first-order valence-electron chi connectivity index (χ1n) is 4.67. The van der Waals surface area contributed by atoms with Gasteiger partial charge in [-0.15, -0.1) is 10.2 Å². The van der Waals surface area contributed by atoms with Gasteiger partial charge in [0.15, 0.2) is 0 Å². The van der Waals surface area contributed by atoms with E-state index in [1.807, 2.05) is 30.3 Å². The van der Waals surface area contributed by atoms with E-state index >= 15 is 0 Å². The zero-order valence-electron chi connectivity index (χ0n) is 8.19. The normalized spacial score (nSPS) is 10.5. The predicted octanol–water partition coefficient (Wildman–Crippen LogP) is 1.79. The van der Waals surface area contributed by atoms with Crippen LogP contribution in [0.25, 0.3) is 15.7 Å². The van der Waals surface area contributed by atoms with Gasteiger partial charge in [0.05, 0.1) is 0 Å². The van der Waals surface area contributed by atoms with E-state index in [0.717, 1.165) is 15.7 Å². The molecule has 0 fully saturated rings. The number of hydrogen-bond acceptors (Lipinski definition) is 5. The Morgan fingerprint density at radius 2 is 1.94 bits per heavy atom. The summed E-state index contributed by atoms with van der Waals surface area (Å²) in [6, 6.07) is 9.94. The topological polar surface area (TPSA) is 56.5 Å². The zero-order valence-corrected chi connectivity index (χ0v) is 9.00. The predicted molar refractivity (Wildman–Crippen MR) is 60.3 cm³/mol. The van der Waals surface area contributed by atoms with Crippen LogP contribution in [-0.2, 0) is 0 Å². The molecule has 1 aromatic carbocycles. The van der Waals surface area contributed by atoms with Gasteiger partial charge in [-0.2, -0.15) is 9.78 Å². The van der Waals surface area contributed by atoms with Gasteiger partial charge in [-0.05, 0) is 0 Å². The molecule has 2 heterocycles. The molecule has 3 rings (SSSR count). The number of aromatic nitrogens is 5. The third-order valence-electron chi connectivity index (χ3n) is 2.05. The molecule has 0 saturated carbocycles. The van der Waals surface area contributed by atoms with Gasteiger partial charge in [-0.3, -0.25) is 0 Å². The molecular weight excluding hydrogens is 222 g/mol. The molecule has 2 aromatic heterocycles. The Bertz CT molecular complexity index is 572. The van der Waals surface area contributed by atoms with Crippen molar-refractivity contribution in [2.75, 3.05) is 0 Å². The van der Waals surface area contributed by atoms with Crippen molar-refractivity contribution in [1.29, 1.82) is 0 Å². The van der Waals surface area contributed by atoms with Gasteiger partial charge in [0, 0.05) is 5.56 Å². The van der Waals surface area contributed by atoms with Gasteiger partial charge >= 0.3 is 0 Å². The van der Waals surface area contributed by atoms with Gasteiger partial charge in [-0.1, -0.05) is 41.7 Å². The van der Waals surface area contributed by atoms with Crippen molar-refractivity contribution in [3.63, 3.8) is 0 Å². The molecule has 0 bridgehead atoms. The molecule has 0 aliphatic heterocycles. The Labute approximate surface area is 95.4 Å². The second-order valence-corrected chi connectivity index (χ2v) is 4.05. The van der Waals surface area contributed by atoms with Crippen molar-refractivity contribution in [3.05, 3.63) is 43.0 Å². The monoisotopic (exact) mass is 229 g/mol. The Kier molecular flexibility index (Phi) is 2.19. The minimum atomic E-state index is 0.719. The highest BCUT2D eigenvalue weighted by Gasteiger charge is 2.07. The second-order valence-electron chi connectivity index (χ2n) is 3.10. The maximum Gasteiger partial charge on any atom is 0.234 e. The molecule has 0 saturated heterocycles. The van der Waals surface area contributed by atoms with E-state index < -0.39 is 0 Å². The highest BCUT2D eigenvalue weighted by Crippen LogP contribution is 2.24. The molecule has 3 aromatic rings. The Morgan fingerprint density at radius 3 is 2.69 bits per heavy atom. The molecular formula is C10H7N5S. The molecule has 0 aliphatic rings. The molecule has 0 aliphatic carbocycles.